The van der Waals surface area contributed by atoms with Gasteiger partial charge in [-0.15, -0.1) is 0 Å². The Morgan fingerprint density at radius 2 is 2.00 bits per heavy atom. The average Bonchev–Trinajstić information content (AvgIpc) is 3.10. The van der Waals surface area contributed by atoms with E-state index in [0.29, 0.717) is 17.9 Å². The minimum Gasteiger partial charge on any atom is -0.383 e. The summed E-state index contributed by atoms with van der Waals surface area (Å²) in [7, 11) is 1.64. The summed E-state index contributed by atoms with van der Waals surface area (Å²) in [6.45, 7) is 2.51. The summed E-state index contributed by atoms with van der Waals surface area (Å²) in [6, 6.07) is 5.69. The first-order chi connectivity index (χ1) is 13.4. The summed E-state index contributed by atoms with van der Waals surface area (Å²) in [5.41, 5.74) is 5.72. The van der Waals surface area contributed by atoms with Crippen LogP contribution in [0.4, 0.5) is 15.9 Å². The number of hydrogen-bond acceptors (Lipinski definition) is 7. The van der Waals surface area contributed by atoms with Gasteiger partial charge in [0.2, 0.25) is 11.7 Å². The SMILES string of the molecule is CCCCn1c(N)c(N(C)Cc2nc(-c3ccc(F)cc3)no2)c(=O)[nH]c1=O. The molecule has 0 atom stereocenters. The van der Waals surface area contributed by atoms with E-state index in [1.54, 1.807) is 19.2 Å². The largest absolute Gasteiger partial charge is 0.383 e. The molecule has 3 N–H and O–H groups in total. The number of H-pyrrole nitrogens is 1. The third-order valence-corrected chi connectivity index (χ3v) is 4.27. The number of rotatable bonds is 7. The molecule has 0 amide bonds. The van der Waals surface area contributed by atoms with Crippen LogP contribution in [0.5, 0.6) is 0 Å². The molecule has 0 fully saturated rings. The van der Waals surface area contributed by atoms with Crippen molar-refractivity contribution in [1.29, 1.82) is 0 Å². The van der Waals surface area contributed by atoms with Crippen LogP contribution in [0.3, 0.4) is 0 Å². The molecule has 2 aromatic heterocycles. The predicted octanol–water partition coefficient (Wildman–Crippen LogP) is 1.74. The molecule has 2 heterocycles. The van der Waals surface area contributed by atoms with E-state index in [2.05, 4.69) is 15.1 Å². The number of benzene rings is 1. The van der Waals surface area contributed by atoms with Crippen LogP contribution in [0.1, 0.15) is 25.7 Å². The fourth-order valence-corrected chi connectivity index (χ4v) is 2.80. The summed E-state index contributed by atoms with van der Waals surface area (Å²) in [5, 5.41) is 3.87. The maximum Gasteiger partial charge on any atom is 0.330 e. The molecule has 0 aliphatic carbocycles. The van der Waals surface area contributed by atoms with Gasteiger partial charge in [0.25, 0.3) is 5.56 Å². The minimum atomic E-state index is -0.587. The van der Waals surface area contributed by atoms with Crippen LogP contribution >= 0.6 is 0 Å². The van der Waals surface area contributed by atoms with Crippen LogP contribution in [0.25, 0.3) is 11.4 Å². The molecule has 0 radical (unpaired) electrons. The van der Waals surface area contributed by atoms with Crippen LogP contribution in [-0.4, -0.2) is 26.7 Å². The van der Waals surface area contributed by atoms with Gasteiger partial charge in [-0.2, -0.15) is 4.98 Å². The molecular weight excluding hydrogens is 367 g/mol. The molecule has 1 aromatic carbocycles. The zero-order valence-electron chi connectivity index (χ0n) is 15.6. The molecule has 0 saturated heterocycles. The van der Waals surface area contributed by atoms with Crippen molar-refractivity contribution in [3.05, 3.63) is 56.8 Å². The third-order valence-electron chi connectivity index (χ3n) is 4.27. The fourth-order valence-electron chi connectivity index (χ4n) is 2.80. The Hall–Kier alpha value is -3.43. The Morgan fingerprint density at radius 1 is 1.29 bits per heavy atom. The molecule has 3 rings (SSSR count). The van der Waals surface area contributed by atoms with Gasteiger partial charge in [-0.25, -0.2) is 9.18 Å². The molecule has 9 nitrogen and oxygen atoms in total. The highest BCUT2D eigenvalue weighted by Crippen LogP contribution is 2.20. The second-order valence-corrected chi connectivity index (χ2v) is 6.37. The van der Waals surface area contributed by atoms with Crippen molar-refractivity contribution in [2.45, 2.75) is 32.9 Å². The van der Waals surface area contributed by atoms with E-state index in [-0.39, 0.29) is 29.8 Å². The topological polar surface area (TPSA) is 123 Å². The number of anilines is 2. The van der Waals surface area contributed by atoms with Gasteiger partial charge < -0.3 is 15.2 Å². The summed E-state index contributed by atoms with van der Waals surface area (Å²) >= 11 is 0. The number of nitrogens with zero attached hydrogens (tertiary/aromatic N) is 4. The first kappa shape index (κ1) is 19.3. The monoisotopic (exact) mass is 388 g/mol. The molecule has 148 valence electrons. The Balaban J connectivity index is 1.85. The summed E-state index contributed by atoms with van der Waals surface area (Å²) in [4.78, 5) is 32.4. The van der Waals surface area contributed by atoms with Gasteiger partial charge in [0.15, 0.2) is 0 Å². The van der Waals surface area contributed by atoms with Gasteiger partial charge in [0.1, 0.15) is 17.3 Å². The maximum absolute atomic E-state index is 13.0. The Kier molecular flexibility index (Phi) is 5.57. The van der Waals surface area contributed by atoms with E-state index in [0.717, 1.165) is 12.8 Å². The van der Waals surface area contributed by atoms with E-state index in [1.807, 2.05) is 6.92 Å². The van der Waals surface area contributed by atoms with Crippen LogP contribution in [-0.2, 0) is 13.1 Å². The molecule has 0 spiro atoms. The maximum atomic E-state index is 13.0. The van der Waals surface area contributed by atoms with Crippen LogP contribution in [0.2, 0.25) is 0 Å². The molecule has 0 aliphatic heterocycles. The molecular formula is C18H21FN6O3. The van der Waals surface area contributed by atoms with Crippen LogP contribution < -0.4 is 21.9 Å². The van der Waals surface area contributed by atoms with Gasteiger partial charge in [-0.05, 0) is 30.7 Å². The molecule has 3 aromatic rings. The predicted molar refractivity (Wildman–Crippen MR) is 102 cm³/mol. The minimum absolute atomic E-state index is 0.0861. The highest BCUT2D eigenvalue weighted by molar-refractivity contribution is 5.62. The summed E-state index contributed by atoms with van der Waals surface area (Å²) in [6.07, 6.45) is 1.63. The van der Waals surface area contributed by atoms with E-state index in [9.17, 15) is 14.0 Å². The number of aromatic amines is 1. The van der Waals surface area contributed by atoms with Crippen molar-refractivity contribution >= 4 is 11.5 Å². The number of nitrogens with one attached hydrogen (secondary N) is 1. The summed E-state index contributed by atoms with van der Waals surface area (Å²) in [5.74, 6) is 0.271. The smallest absolute Gasteiger partial charge is 0.330 e. The van der Waals surface area contributed by atoms with Gasteiger partial charge in [-0.1, -0.05) is 18.5 Å². The molecule has 10 heteroatoms. The summed E-state index contributed by atoms with van der Waals surface area (Å²) < 4.78 is 19.6. The molecule has 28 heavy (non-hydrogen) atoms. The number of unbranched alkanes of at least 4 members (excludes halogenated alkanes) is 1. The second kappa shape index (κ2) is 8.07. The Morgan fingerprint density at radius 3 is 2.68 bits per heavy atom. The van der Waals surface area contributed by atoms with E-state index in [4.69, 9.17) is 10.3 Å². The van der Waals surface area contributed by atoms with Crippen molar-refractivity contribution in [3.8, 4) is 11.4 Å². The number of hydrogen-bond donors (Lipinski definition) is 2. The number of aromatic nitrogens is 4. The number of halogens is 1. The van der Waals surface area contributed by atoms with Crippen molar-refractivity contribution in [2.24, 2.45) is 0 Å². The highest BCUT2D eigenvalue weighted by atomic mass is 19.1. The lowest BCUT2D eigenvalue weighted by Crippen LogP contribution is -2.37. The second-order valence-electron chi connectivity index (χ2n) is 6.37. The molecule has 0 saturated carbocycles. The zero-order chi connectivity index (χ0) is 20.3. The molecule has 0 unspecified atom stereocenters. The lowest BCUT2D eigenvalue weighted by molar-refractivity contribution is 0.378. The Bertz CT molecular complexity index is 1070. The van der Waals surface area contributed by atoms with Crippen molar-refractivity contribution in [2.75, 3.05) is 17.7 Å². The fraction of sp³-hybridized carbons (Fsp3) is 0.333. The van der Waals surface area contributed by atoms with Crippen molar-refractivity contribution in [1.82, 2.24) is 19.7 Å². The zero-order valence-corrected chi connectivity index (χ0v) is 15.6. The van der Waals surface area contributed by atoms with Crippen molar-refractivity contribution < 1.29 is 8.91 Å². The van der Waals surface area contributed by atoms with E-state index < -0.39 is 11.2 Å². The van der Waals surface area contributed by atoms with Crippen LogP contribution in [0.15, 0.2) is 38.4 Å². The van der Waals surface area contributed by atoms with Gasteiger partial charge in [-0.3, -0.25) is 14.3 Å². The quantitative estimate of drug-likeness (QED) is 0.632. The standard InChI is InChI=1S/C18H21FN6O3/c1-3-4-9-25-15(20)14(17(26)22-18(25)27)24(2)10-13-21-16(23-28-13)11-5-7-12(19)8-6-11/h5-8H,3-4,9-10,20H2,1-2H3,(H,22,26,27). The third kappa shape index (κ3) is 3.95. The lowest BCUT2D eigenvalue weighted by atomic mass is 10.2. The molecule has 0 bridgehead atoms. The van der Waals surface area contributed by atoms with Gasteiger partial charge >= 0.3 is 5.69 Å². The van der Waals surface area contributed by atoms with Gasteiger partial charge in [0, 0.05) is 19.2 Å². The lowest BCUT2D eigenvalue weighted by Gasteiger charge is -2.20. The number of nitrogens with two attached hydrogens (primary N) is 1. The normalized spacial score (nSPS) is 11.0. The number of nitrogen functional groups attached to an aromatic ring is 1. The van der Waals surface area contributed by atoms with Gasteiger partial charge in [0.05, 0.1) is 6.54 Å². The van der Waals surface area contributed by atoms with Crippen LogP contribution in [0, 0.1) is 5.82 Å². The Labute approximate surface area is 159 Å². The first-order valence-electron chi connectivity index (χ1n) is 8.83. The highest BCUT2D eigenvalue weighted by Gasteiger charge is 2.18. The molecule has 0 aliphatic rings. The first-order valence-corrected chi connectivity index (χ1v) is 8.83. The van der Waals surface area contributed by atoms with E-state index in [1.165, 1.54) is 21.6 Å². The average molecular weight is 388 g/mol. The van der Waals surface area contributed by atoms with Crippen molar-refractivity contribution in [3.63, 3.8) is 0 Å². The van der Waals surface area contributed by atoms with E-state index >= 15 is 0 Å².